The number of methoxy groups -OCH3 is 2. The highest BCUT2D eigenvalue weighted by Crippen LogP contribution is 2.23. The van der Waals surface area contributed by atoms with Crippen molar-refractivity contribution in [3.63, 3.8) is 0 Å². The highest BCUT2D eigenvalue weighted by Gasteiger charge is 2.14. The number of hydrogen-bond donors (Lipinski definition) is 1. The maximum atomic E-state index is 13.4. The number of hydrogen-bond acceptors (Lipinski definition) is 7. The molecule has 8 nitrogen and oxygen atoms in total. The van der Waals surface area contributed by atoms with Crippen LogP contribution in [-0.4, -0.2) is 30.1 Å². The third-order valence-corrected chi connectivity index (χ3v) is 6.63. The van der Waals surface area contributed by atoms with Gasteiger partial charge in [0.1, 0.15) is 28.8 Å². The first-order valence-electron chi connectivity index (χ1n) is 13.6. The number of halogens is 1. The molecule has 0 fully saturated rings. The lowest BCUT2D eigenvalue weighted by molar-refractivity contribution is 0.0950. The van der Waals surface area contributed by atoms with Gasteiger partial charge in [-0.2, -0.15) is 0 Å². The summed E-state index contributed by atoms with van der Waals surface area (Å²) in [4.78, 5) is 24.3. The van der Waals surface area contributed by atoms with Crippen LogP contribution in [0, 0.1) is 5.82 Å². The van der Waals surface area contributed by atoms with Gasteiger partial charge in [0.15, 0.2) is 0 Å². The second kappa shape index (κ2) is 14.0. The second-order valence-electron chi connectivity index (χ2n) is 9.67. The summed E-state index contributed by atoms with van der Waals surface area (Å²) < 4.78 is 29.7. The fourth-order valence-electron chi connectivity index (χ4n) is 4.35. The van der Waals surface area contributed by atoms with Gasteiger partial charge in [-0.1, -0.05) is 30.3 Å². The lowest BCUT2D eigenvalue weighted by atomic mass is 10.1. The van der Waals surface area contributed by atoms with Crippen LogP contribution >= 0.6 is 0 Å². The van der Waals surface area contributed by atoms with Crippen LogP contribution in [0.4, 0.5) is 10.3 Å². The number of aromatic nitrogens is 2. The highest BCUT2D eigenvalue weighted by atomic mass is 19.1. The molecule has 0 spiro atoms. The molecule has 0 saturated heterocycles. The van der Waals surface area contributed by atoms with E-state index in [-0.39, 0.29) is 18.3 Å². The molecule has 0 aliphatic carbocycles. The zero-order chi connectivity index (χ0) is 30.0. The molecular weight excluding hydrogens is 547 g/mol. The summed E-state index contributed by atoms with van der Waals surface area (Å²) in [6.45, 7) is 1.35. The molecule has 43 heavy (non-hydrogen) atoms. The highest BCUT2D eigenvalue weighted by molar-refractivity contribution is 5.94. The standard InChI is InChI=1S/C34H31FN4O4/c1-41-29-12-6-24(7-13-29)22-39(23-25-8-14-30(42-2)15-9-25)34-36-19-18-28(38-34)21-37-33(40)26-10-16-31(17-11-26)43-32-5-3-4-27(35)20-32/h3-20H,21-23H2,1-2H3,(H,37,40). The summed E-state index contributed by atoms with van der Waals surface area (Å²) in [5.41, 5.74) is 3.27. The Morgan fingerprint density at radius 2 is 1.37 bits per heavy atom. The molecule has 0 unspecified atom stereocenters. The summed E-state index contributed by atoms with van der Waals surface area (Å²) in [6, 6.07) is 30.0. The van der Waals surface area contributed by atoms with Gasteiger partial charge in [-0.25, -0.2) is 14.4 Å². The molecule has 5 aromatic rings. The summed E-state index contributed by atoms with van der Waals surface area (Å²) in [6.07, 6.45) is 1.69. The summed E-state index contributed by atoms with van der Waals surface area (Å²) in [5, 5.41) is 2.92. The van der Waals surface area contributed by atoms with Crippen LogP contribution in [0.5, 0.6) is 23.0 Å². The van der Waals surface area contributed by atoms with E-state index in [9.17, 15) is 9.18 Å². The first-order chi connectivity index (χ1) is 21.0. The van der Waals surface area contributed by atoms with E-state index in [0.29, 0.717) is 41.8 Å². The summed E-state index contributed by atoms with van der Waals surface area (Å²) in [7, 11) is 3.28. The number of carbonyl (C=O) groups is 1. The number of rotatable bonds is 12. The van der Waals surface area contributed by atoms with Gasteiger partial charge >= 0.3 is 0 Å². The Morgan fingerprint density at radius 3 is 1.95 bits per heavy atom. The van der Waals surface area contributed by atoms with E-state index in [1.807, 2.05) is 48.5 Å². The first kappa shape index (κ1) is 29.1. The number of benzene rings is 4. The molecule has 5 rings (SSSR count). The summed E-state index contributed by atoms with van der Waals surface area (Å²) >= 11 is 0. The van der Waals surface area contributed by atoms with Crippen LogP contribution < -0.4 is 24.4 Å². The smallest absolute Gasteiger partial charge is 0.251 e. The number of amides is 1. The van der Waals surface area contributed by atoms with Crippen LogP contribution in [0.25, 0.3) is 0 Å². The summed E-state index contributed by atoms with van der Waals surface area (Å²) in [5.74, 6) is 2.34. The van der Waals surface area contributed by atoms with Gasteiger partial charge in [0.25, 0.3) is 5.91 Å². The van der Waals surface area contributed by atoms with Gasteiger partial charge in [-0.15, -0.1) is 0 Å². The fraction of sp³-hybridized carbons (Fsp3) is 0.147. The van der Waals surface area contributed by atoms with Gasteiger partial charge < -0.3 is 24.4 Å². The van der Waals surface area contributed by atoms with Crippen molar-refractivity contribution >= 4 is 11.9 Å². The zero-order valence-corrected chi connectivity index (χ0v) is 23.9. The molecule has 1 amide bonds. The molecule has 0 aliphatic heterocycles. The largest absolute Gasteiger partial charge is 0.497 e. The van der Waals surface area contributed by atoms with Gasteiger partial charge in [0, 0.05) is 30.9 Å². The van der Waals surface area contributed by atoms with Crippen molar-refractivity contribution in [3.05, 3.63) is 138 Å². The van der Waals surface area contributed by atoms with Crippen molar-refractivity contribution in [3.8, 4) is 23.0 Å². The number of nitrogens with zero attached hydrogens (tertiary/aromatic N) is 3. The minimum atomic E-state index is -0.383. The third kappa shape index (κ3) is 8.07. The molecule has 1 N–H and O–H groups in total. The molecule has 218 valence electrons. The lowest BCUT2D eigenvalue weighted by Crippen LogP contribution is -2.26. The predicted octanol–water partition coefficient (Wildman–Crippen LogP) is 6.56. The van der Waals surface area contributed by atoms with Gasteiger partial charge in [0.05, 0.1) is 26.5 Å². The van der Waals surface area contributed by atoms with Crippen molar-refractivity contribution in [1.82, 2.24) is 15.3 Å². The maximum absolute atomic E-state index is 13.4. The molecule has 1 aromatic heterocycles. The Morgan fingerprint density at radius 1 is 0.767 bits per heavy atom. The van der Waals surface area contributed by atoms with Crippen LogP contribution in [0.3, 0.4) is 0 Å². The Balaban J connectivity index is 1.26. The van der Waals surface area contributed by atoms with Gasteiger partial charge in [-0.3, -0.25) is 4.79 Å². The van der Waals surface area contributed by atoms with Gasteiger partial charge in [-0.05, 0) is 77.9 Å². The molecule has 4 aromatic carbocycles. The molecule has 0 bridgehead atoms. The Hall–Kier alpha value is -5.44. The monoisotopic (exact) mass is 578 g/mol. The zero-order valence-electron chi connectivity index (χ0n) is 23.9. The molecule has 0 radical (unpaired) electrons. The van der Waals surface area contributed by atoms with E-state index in [1.54, 1.807) is 62.9 Å². The average Bonchev–Trinajstić information content (AvgIpc) is 3.04. The van der Waals surface area contributed by atoms with Crippen molar-refractivity contribution in [2.75, 3.05) is 19.1 Å². The molecular formula is C34H31FN4O4. The molecule has 0 saturated carbocycles. The Kier molecular flexibility index (Phi) is 9.43. The topological polar surface area (TPSA) is 85.8 Å². The lowest BCUT2D eigenvalue weighted by Gasteiger charge is -2.23. The van der Waals surface area contributed by atoms with E-state index >= 15 is 0 Å². The molecule has 0 atom stereocenters. The van der Waals surface area contributed by atoms with Crippen LogP contribution in [0.2, 0.25) is 0 Å². The quantitative estimate of drug-likeness (QED) is 0.179. The average molecular weight is 579 g/mol. The Labute approximate surface area is 249 Å². The van der Waals surface area contributed by atoms with Crippen molar-refractivity contribution in [1.29, 1.82) is 0 Å². The van der Waals surface area contributed by atoms with Crippen LogP contribution in [-0.2, 0) is 19.6 Å². The third-order valence-electron chi connectivity index (χ3n) is 6.63. The normalized spacial score (nSPS) is 10.6. The van der Waals surface area contributed by atoms with Crippen molar-refractivity contribution in [2.24, 2.45) is 0 Å². The molecule has 0 aliphatic rings. The maximum Gasteiger partial charge on any atom is 0.251 e. The SMILES string of the molecule is COc1ccc(CN(Cc2ccc(OC)cc2)c2nccc(CNC(=O)c3ccc(Oc4cccc(F)c4)cc3)n2)cc1. The van der Waals surface area contributed by atoms with E-state index in [2.05, 4.69) is 15.2 Å². The number of carbonyl (C=O) groups excluding carboxylic acids is 1. The second-order valence-corrected chi connectivity index (χ2v) is 9.67. The predicted molar refractivity (Wildman–Crippen MR) is 162 cm³/mol. The Bertz CT molecular complexity index is 1600. The van der Waals surface area contributed by atoms with E-state index in [1.165, 1.54) is 12.1 Å². The molecule has 1 heterocycles. The van der Waals surface area contributed by atoms with Crippen LogP contribution in [0.1, 0.15) is 27.2 Å². The molecule has 9 heteroatoms. The fourth-order valence-corrected chi connectivity index (χ4v) is 4.35. The van der Waals surface area contributed by atoms with E-state index in [4.69, 9.17) is 19.2 Å². The minimum absolute atomic E-state index is 0.217. The number of nitrogens with one attached hydrogen (secondary N) is 1. The van der Waals surface area contributed by atoms with E-state index < -0.39 is 0 Å². The van der Waals surface area contributed by atoms with Gasteiger partial charge in [0.2, 0.25) is 5.95 Å². The van der Waals surface area contributed by atoms with Crippen molar-refractivity contribution in [2.45, 2.75) is 19.6 Å². The van der Waals surface area contributed by atoms with E-state index in [0.717, 1.165) is 22.6 Å². The van der Waals surface area contributed by atoms with Crippen LogP contribution in [0.15, 0.2) is 109 Å². The number of anilines is 1. The first-order valence-corrected chi connectivity index (χ1v) is 13.6. The number of ether oxygens (including phenoxy) is 3. The van der Waals surface area contributed by atoms with Crippen molar-refractivity contribution < 1.29 is 23.4 Å². The minimum Gasteiger partial charge on any atom is -0.497 e.